The Morgan fingerprint density at radius 1 is 1.22 bits per heavy atom. The first-order chi connectivity index (χ1) is 8.50. The number of hydrogen-bond acceptors (Lipinski definition) is 2. The van der Waals surface area contributed by atoms with Crippen LogP contribution in [0.1, 0.15) is 11.6 Å². The summed E-state index contributed by atoms with van der Waals surface area (Å²) in [6.45, 7) is -0.206. The van der Waals surface area contributed by atoms with Crippen LogP contribution in [-0.2, 0) is 9.53 Å². The summed E-state index contributed by atoms with van der Waals surface area (Å²) in [4.78, 5) is 12.4. The number of amides is 1. The minimum atomic E-state index is -4.49. The molecule has 3 nitrogen and oxygen atoms in total. The lowest BCUT2D eigenvalue weighted by Crippen LogP contribution is -2.48. The Bertz CT molecular complexity index is 419. The average molecular weight is 259 g/mol. The summed E-state index contributed by atoms with van der Waals surface area (Å²) in [5.41, 5.74) is 0.0697. The molecule has 1 aliphatic heterocycles. The number of rotatable bonds is 2. The Kier molecular flexibility index (Phi) is 3.56. The van der Waals surface area contributed by atoms with Crippen LogP contribution in [-0.4, -0.2) is 36.7 Å². The molecule has 18 heavy (non-hydrogen) atoms. The van der Waals surface area contributed by atoms with Gasteiger partial charge in [-0.3, -0.25) is 4.79 Å². The number of halogens is 3. The van der Waals surface area contributed by atoms with Crippen molar-refractivity contribution in [2.24, 2.45) is 0 Å². The zero-order chi connectivity index (χ0) is 13.2. The number of benzene rings is 1. The fraction of sp³-hybridized carbons (Fsp3) is 0.417. The molecule has 6 heteroatoms. The Hall–Kier alpha value is -1.56. The molecular weight excluding hydrogens is 247 g/mol. The predicted molar refractivity (Wildman–Crippen MR) is 57.8 cm³/mol. The number of morpholine rings is 1. The van der Waals surface area contributed by atoms with Gasteiger partial charge in [0.05, 0.1) is 6.61 Å². The van der Waals surface area contributed by atoms with Crippen molar-refractivity contribution in [3.05, 3.63) is 35.9 Å². The second kappa shape index (κ2) is 4.97. The highest BCUT2D eigenvalue weighted by Gasteiger charge is 2.46. The summed E-state index contributed by atoms with van der Waals surface area (Å²) >= 11 is 0. The fourth-order valence-electron chi connectivity index (χ4n) is 1.98. The lowest BCUT2D eigenvalue weighted by atomic mass is 10.0. The van der Waals surface area contributed by atoms with E-state index in [1.807, 2.05) is 0 Å². The number of ether oxygens (including phenoxy) is 1. The van der Waals surface area contributed by atoms with Gasteiger partial charge in [-0.15, -0.1) is 0 Å². The maximum Gasteiger partial charge on any atom is 0.413 e. The van der Waals surface area contributed by atoms with E-state index in [1.165, 1.54) is 24.3 Å². The van der Waals surface area contributed by atoms with Gasteiger partial charge in [0.15, 0.2) is 6.04 Å². The topological polar surface area (TPSA) is 29.5 Å². The molecule has 1 aromatic carbocycles. The van der Waals surface area contributed by atoms with E-state index in [2.05, 4.69) is 0 Å². The molecule has 0 aliphatic carbocycles. The number of hydrogen-bond donors (Lipinski definition) is 0. The lowest BCUT2D eigenvalue weighted by Gasteiger charge is -2.35. The minimum Gasteiger partial charge on any atom is -0.370 e. The van der Waals surface area contributed by atoms with E-state index in [0.717, 1.165) is 4.90 Å². The van der Waals surface area contributed by atoms with Gasteiger partial charge in [0.1, 0.15) is 6.61 Å². The molecule has 1 aromatic rings. The number of carbonyl (C=O) groups excluding carboxylic acids is 1. The molecule has 0 bridgehead atoms. The van der Waals surface area contributed by atoms with E-state index < -0.39 is 18.1 Å². The van der Waals surface area contributed by atoms with Crippen LogP contribution >= 0.6 is 0 Å². The van der Waals surface area contributed by atoms with E-state index in [9.17, 15) is 18.0 Å². The van der Waals surface area contributed by atoms with Crippen LogP contribution in [0.3, 0.4) is 0 Å². The number of carbonyl (C=O) groups is 1. The van der Waals surface area contributed by atoms with Gasteiger partial charge < -0.3 is 9.64 Å². The third-order valence-corrected chi connectivity index (χ3v) is 2.76. The molecule has 0 aromatic heterocycles. The van der Waals surface area contributed by atoms with E-state index in [1.54, 1.807) is 6.07 Å². The zero-order valence-electron chi connectivity index (χ0n) is 9.48. The summed E-state index contributed by atoms with van der Waals surface area (Å²) in [5.74, 6) is -0.632. The molecule has 1 unspecified atom stereocenters. The molecule has 1 saturated heterocycles. The van der Waals surface area contributed by atoms with Crippen LogP contribution in [0, 0.1) is 0 Å². The van der Waals surface area contributed by atoms with E-state index in [-0.39, 0.29) is 25.3 Å². The van der Waals surface area contributed by atoms with Gasteiger partial charge in [0, 0.05) is 6.54 Å². The van der Waals surface area contributed by atoms with Gasteiger partial charge >= 0.3 is 6.18 Å². The second-order valence-electron chi connectivity index (χ2n) is 3.99. The quantitative estimate of drug-likeness (QED) is 0.814. The standard InChI is InChI=1S/C12H12F3NO2/c13-12(14,15)11(9-4-2-1-3-5-9)16-6-7-18-8-10(16)17/h1-5,11H,6-8H2. The second-order valence-corrected chi connectivity index (χ2v) is 3.99. The number of nitrogens with zero attached hydrogens (tertiary/aromatic N) is 1. The van der Waals surface area contributed by atoms with Gasteiger partial charge in [0.25, 0.3) is 0 Å². The smallest absolute Gasteiger partial charge is 0.370 e. The van der Waals surface area contributed by atoms with E-state index in [0.29, 0.717) is 0 Å². The van der Waals surface area contributed by atoms with Gasteiger partial charge in [-0.05, 0) is 5.56 Å². The molecule has 0 saturated carbocycles. The minimum absolute atomic E-state index is 0.0437. The molecule has 1 fully saturated rings. The molecule has 0 N–H and O–H groups in total. The maximum absolute atomic E-state index is 13.1. The van der Waals surface area contributed by atoms with Crippen molar-refractivity contribution in [2.45, 2.75) is 12.2 Å². The Morgan fingerprint density at radius 3 is 2.44 bits per heavy atom. The van der Waals surface area contributed by atoms with Crippen LogP contribution in [0.15, 0.2) is 30.3 Å². The molecule has 98 valence electrons. The summed E-state index contributed by atoms with van der Waals surface area (Å²) in [6.07, 6.45) is -4.49. The zero-order valence-corrected chi connectivity index (χ0v) is 9.48. The third-order valence-electron chi connectivity index (χ3n) is 2.76. The Balaban J connectivity index is 2.34. The Morgan fingerprint density at radius 2 is 1.89 bits per heavy atom. The Labute approximate surface area is 102 Å². The van der Waals surface area contributed by atoms with Gasteiger partial charge in [-0.1, -0.05) is 30.3 Å². The van der Waals surface area contributed by atoms with Crippen LogP contribution in [0.2, 0.25) is 0 Å². The first-order valence-corrected chi connectivity index (χ1v) is 5.49. The van der Waals surface area contributed by atoms with Gasteiger partial charge in [0.2, 0.25) is 5.91 Å². The van der Waals surface area contributed by atoms with Crippen LogP contribution in [0.4, 0.5) is 13.2 Å². The highest BCUT2D eigenvalue weighted by Crippen LogP contribution is 2.38. The summed E-state index contributed by atoms with van der Waals surface area (Å²) in [6, 6.07) is 5.55. The van der Waals surface area contributed by atoms with Crippen molar-refractivity contribution < 1.29 is 22.7 Å². The van der Waals surface area contributed by atoms with E-state index in [4.69, 9.17) is 4.74 Å². The summed E-state index contributed by atoms with van der Waals surface area (Å²) in [5, 5.41) is 0. The largest absolute Gasteiger partial charge is 0.413 e. The first-order valence-electron chi connectivity index (χ1n) is 5.49. The molecular formula is C12H12F3NO2. The van der Waals surface area contributed by atoms with Gasteiger partial charge in [-0.2, -0.15) is 13.2 Å². The fourth-order valence-corrected chi connectivity index (χ4v) is 1.98. The molecule has 1 heterocycles. The lowest BCUT2D eigenvalue weighted by molar-refractivity contribution is -0.200. The first kappa shape index (κ1) is 12.9. The van der Waals surface area contributed by atoms with Crippen LogP contribution in [0.5, 0.6) is 0 Å². The predicted octanol–water partition coefficient (Wildman–Crippen LogP) is 2.15. The summed E-state index contributed by atoms with van der Waals surface area (Å²) < 4.78 is 44.2. The summed E-state index contributed by atoms with van der Waals surface area (Å²) in [7, 11) is 0. The van der Waals surface area contributed by atoms with Crippen LogP contribution in [0.25, 0.3) is 0 Å². The monoisotopic (exact) mass is 259 g/mol. The van der Waals surface area contributed by atoms with Crippen molar-refractivity contribution in [3.8, 4) is 0 Å². The molecule has 1 aliphatic rings. The third kappa shape index (κ3) is 2.64. The molecule has 0 spiro atoms. The van der Waals surface area contributed by atoms with Crippen molar-refractivity contribution in [1.82, 2.24) is 4.90 Å². The number of alkyl halides is 3. The van der Waals surface area contributed by atoms with Crippen molar-refractivity contribution in [1.29, 1.82) is 0 Å². The van der Waals surface area contributed by atoms with Crippen molar-refractivity contribution >= 4 is 5.91 Å². The van der Waals surface area contributed by atoms with Crippen molar-refractivity contribution in [3.63, 3.8) is 0 Å². The molecule has 0 radical (unpaired) electrons. The average Bonchev–Trinajstić information content (AvgIpc) is 2.32. The molecule has 1 amide bonds. The maximum atomic E-state index is 13.1. The van der Waals surface area contributed by atoms with E-state index >= 15 is 0 Å². The normalized spacial score (nSPS) is 18.8. The highest BCUT2D eigenvalue weighted by atomic mass is 19.4. The molecule has 1 atom stereocenters. The van der Waals surface area contributed by atoms with Crippen molar-refractivity contribution in [2.75, 3.05) is 19.8 Å². The van der Waals surface area contributed by atoms with Gasteiger partial charge in [-0.25, -0.2) is 0 Å². The SMILES string of the molecule is O=C1COCCN1C(c1ccccc1)C(F)(F)F. The highest BCUT2D eigenvalue weighted by molar-refractivity contribution is 5.78. The van der Waals surface area contributed by atoms with Crippen LogP contribution < -0.4 is 0 Å². The molecule has 2 rings (SSSR count).